The van der Waals surface area contributed by atoms with E-state index in [1.165, 1.54) is 0 Å². The van der Waals surface area contributed by atoms with Crippen molar-refractivity contribution in [2.75, 3.05) is 6.61 Å². The zero-order valence-corrected chi connectivity index (χ0v) is 17.8. The van der Waals surface area contributed by atoms with Crippen molar-refractivity contribution in [2.24, 2.45) is 0 Å². The molecule has 0 bridgehead atoms. The number of carbonyl (C=O) groups is 3. The van der Waals surface area contributed by atoms with E-state index >= 15 is 0 Å². The molecule has 0 radical (unpaired) electrons. The van der Waals surface area contributed by atoms with Crippen molar-refractivity contribution in [3.63, 3.8) is 0 Å². The van der Waals surface area contributed by atoms with Crippen molar-refractivity contribution in [1.29, 1.82) is 0 Å². The van der Waals surface area contributed by atoms with Gasteiger partial charge in [0.1, 0.15) is 0 Å². The zero-order valence-electron chi connectivity index (χ0n) is 12.6. The maximum Gasteiger partial charge on any atom is 1.00 e. The summed E-state index contributed by atoms with van der Waals surface area (Å²) in [4.78, 5) is 38.2. The van der Waals surface area contributed by atoms with Crippen molar-refractivity contribution < 1.29 is 171 Å². The van der Waals surface area contributed by atoms with Crippen LogP contribution in [0.3, 0.4) is 0 Å². The first kappa shape index (κ1) is 27.1. The van der Waals surface area contributed by atoms with Gasteiger partial charge >= 0.3 is 150 Å². The molecule has 0 saturated carbocycles. The Morgan fingerprint density at radius 2 is 1.50 bits per heavy atom. The SMILES string of the molecule is O=C(O)CCC(=O)OOCC(=O)O.[H-].[H-].[H-].[K+].[K+].[Na+]. The number of hydrogen-bond donors (Lipinski definition) is 2. The summed E-state index contributed by atoms with van der Waals surface area (Å²) in [5, 5.41) is 16.2. The maximum atomic E-state index is 10.5. The van der Waals surface area contributed by atoms with Gasteiger partial charge in [0.2, 0.25) is 0 Å². The van der Waals surface area contributed by atoms with E-state index in [1.807, 2.05) is 0 Å². The van der Waals surface area contributed by atoms with Gasteiger partial charge in [-0.25, -0.2) is 9.59 Å². The Balaban J connectivity index is -0.0000000480. The molecule has 0 atom stereocenters. The Labute approximate surface area is 204 Å². The minimum atomic E-state index is -1.29. The van der Waals surface area contributed by atoms with Crippen LogP contribution < -0.4 is 132 Å². The van der Waals surface area contributed by atoms with Crippen LogP contribution in [0, 0.1) is 0 Å². The predicted octanol–water partition coefficient (Wildman–Crippen LogP) is -9.24. The number of rotatable bonds is 6. The van der Waals surface area contributed by atoms with Gasteiger partial charge in [-0.3, -0.25) is 9.68 Å². The van der Waals surface area contributed by atoms with E-state index in [0.29, 0.717) is 0 Å². The van der Waals surface area contributed by atoms with Crippen LogP contribution in [-0.2, 0) is 24.2 Å². The number of hydrogen-bond acceptors (Lipinski definition) is 5. The third-order valence-electron chi connectivity index (χ3n) is 0.877. The monoisotopic (exact) mass is 296 g/mol. The summed E-state index contributed by atoms with van der Waals surface area (Å²) in [6, 6.07) is 0. The van der Waals surface area contributed by atoms with E-state index in [0.717, 1.165) is 0 Å². The topological polar surface area (TPSA) is 110 Å². The number of carbonyl (C=O) groups excluding carboxylic acids is 1. The molecule has 7 nitrogen and oxygen atoms in total. The van der Waals surface area contributed by atoms with Crippen LogP contribution in [0.15, 0.2) is 0 Å². The molecule has 0 unspecified atom stereocenters. The minimum Gasteiger partial charge on any atom is -1.00 e. The van der Waals surface area contributed by atoms with Gasteiger partial charge in [0.25, 0.3) is 0 Å². The van der Waals surface area contributed by atoms with Crippen LogP contribution in [0.2, 0.25) is 0 Å². The maximum absolute atomic E-state index is 10.5. The molecule has 0 aromatic rings. The predicted molar refractivity (Wildman–Crippen MR) is 39.9 cm³/mol. The van der Waals surface area contributed by atoms with E-state index in [-0.39, 0.29) is 149 Å². The molecule has 0 spiro atoms. The first-order valence-corrected chi connectivity index (χ1v) is 3.28. The second kappa shape index (κ2) is 17.6. The van der Waals surface area contributed by atoms with Crippen molar-refractivity contribution in [3.05, 3.63) is 0 Å². The minimum absolute atomic E-state index is 0. The summed E-state index contributed by atoms with van der Waals surface area (Å²) in [5.41, 5.74) is 0. The largest absolute Gasteiger partial charge is 1.00 e. The van der Waals surface area contributed by atoms with Crippen LogP contribution in [0.25, 0.3) is 0 Å². The van der Waals surface area contributed by atoms with Gasteiger partial charge < -0.3 is 14.5 Å². The van der Waals surface area contributed by atoms with Crippen LogP contribution in [0.4, 0.5) is 0 Å². The standard InChI is InChI=1S/C6H8O7.2K.Na.3H/c7-4(8)1-2-6(11)13-12-3-5(9)10;;;;;;/h1-3H2,(H,7,8)(H,9,10);;;;;;/q;3*+1;3*-1. The molecule has 0 aromatic heterocycles. The third-order valence-corrected chi connectivity index (χ3v) is 0.877. The fourth-order valence-electron chi connectivity index (χ4n) is 0.396. The summed E-state index contributed by atoms with van der Waals surface area (Å²) < 4.78 is 0. The van der Waals surface area contributed by atoms with Crippen molar-refractivity contribution in [3.8, 4) is 0 Å². The van der Waals surface area contributed by atoms with Crippen LogP contribution in [0.1, 0.15) is 17.1 Å². The normalized spacial score (nSPS) is 7.50. The van der Waals surface area contributed by atoms with Gasteiger partial charge in [-0.05, 0) is 0 Å². The van der Waals surface area contributed by atoms with Crippen molar-refractivity contribution >= 4 is 17.9 Å². The molecule has 0 aliphatic rings. The molecular formula is C6H11K2NaO7. The molecule has 16 heavy (non-hydrogen) atoms. The summed E-state index contributed by atoms with van der Waals surface area (Å²) in [5.74, 6) is -3.34. The van der Waals surface area contributed by atoms with E-state index in [9.17, 15) is 14.4 Å². The summed E-state index contributed by atoms with van der Waals surface area (Å²) in [7, 11) is 0. The molecular weight excluding hydrogens is 285 g/mol. The molecule has 10 heteroatoms. The molecule has 0 fully saturated rings. The summed E-state index contributed by atoms with van der Waals surface area (Å²) >= 11 is 0. The second-order valence-electron chi connectivity index (χ2n) is 2.01. The summed E-state index contributed by atoms with van der Waals surface area (Å²) in [6.07, 6.45) is -0.732. The second-order valence-corrected chi connectivity index (χ2v) is 2.01. The fourth-order valence-corrected chi connectivity index (χ4v) is 0.396. The van der Waals surface area contributed by atoms with E-state index in [1.54, 1.807) is 0 Å². The molecule has 0 heterocycles. The van der Waals surface area contributed by atoms with Gasteiger partial charge in [0.05, 0.1) is 12.8 Å². The fraction of sp³-hybridized carbons (Fsp3) is 0.500. The van der Waals surface area contributed by atoms with E-state index in [2.05, 4.69) is 9.78 Å². The van der Waals surface area contributed by atoms with Gasteiger partial charge in [-0.2, -0.15) is 4.89 Å². The molecule has 0 saturated heterocycles. The third kappa shape index (κ3) is 21.9. The number of carboxylic acid groups (broad SMARTS) is 2. The van der Waals surface area contributed by atoms with Gasteiger partial charge in [0.15, 0.2) is 6.61 Å². The zero-order chi connectivity index (χ0) is 10.3. The van der Waals surface area contributed by atoms with Gasteiger partial charge in [-0.1, -0.05) is 0 Å². The van der Waals surface area contributed by atoms with E-state index < -0.39 is 24.5 Å². The first-order valence-electron chi connectivity index (χ1n) is 3.28. The van der Waals surface area contributed by atoms with Crippen LogP contribution in [0.5, 0.6) is 0 Å². The Morgan fingerprint density at radius 3 is 1.88 bits per heavy atom. The average Bonchev–Trinajstić information content (AvgIpc) is 2.00. The Morgan fingerprint density at radius 1 is 1.00 bits per heavy atom. The van der Waals surface area contributed by atoms with Gasteiger partial charge in [-0.15, -0.1) is 0 Å². The Hall–Kier alpha value is 2.64. The molecule has 0 aliphatic heterocycles. The molecule has 0 rings (SSSR count). The Kier molecular flexibility index (Phi) is 29.8. The average molecular weight is 296 g/mol. The summed E-state index contributed by atoms with van der Waals surface area (Å²) in [6.45, 7) is -0.765. The number of carboxylic acids is 2. The van der Waals surface area contributed by atoms with Crippen molar-refractivity contribution in [1.82, 2.24) is 0 Å². The molecule has 80 valence electrons. The molecule has 0 amide bonds. The molecule has 0 aliphatic carbocycles. The van der Waals surface area contributed by atoms with Crippen molar-refractivity contribution in [2.45, 2.75) is 12.8 Å². The first-order chi connectivity index (χ1) is 6.02. The molecule has 0 aromatic carbocycles. The van der Waals surface area contributed by atoms with Gasteiger partial charge in [0, 0.05) is 0 Å². The smallest absolute Gasteiger partial charge is 1.00 e. The Bertz CT molecular complexity index is 235. The van der Waals surface area contributed by atoms with Crippen LogP contribution >= 0.6 is 0 Å². The van der Waals surface area contributed by atoms with Crippen LogP contribution in [-0.4, -0.2) is 34.7 Å². The molecule has 2 N–H and O–H groups in total. The van der Waals surface area contributed by atoms with E-state index in [4.69, 9.17) is 10.2 Å². The quantitative estimate of drug-likeness (QED) is 0.284. The number of aliphatic carboxylic acids is 2.